The van der Waals surface area contributed by atoms with Crippen LogP contribution in [0.15, 0.2) is 18.2 Å². The van der Waals surface area contributed by atoms with E-state index in [1.807, 2.05) is 11.9 Å². The van der Waals surface area contributed by atoms with Crippen molar-refractivity contribution in [3.05, 3.63) is 38.9 Å². The second-order valence-electron chi connectivity index (χ2n) is 4.20. The first-order valence-electron chi connectivity index (χ1n) is 5.77. The van der Waals surface area contributed by atoms with Crippen molar-refractivity contribution in [3.63, 3.8) is 0 Å². The molecule has 0 amide bonds. The van der Waals surface area contributed by atoms with E-state index in [9.17, 15) is 10.1 Å². The van der Waals surface area contributed by atoms with E-state index < -0.39 is 4.92 Å². The maximum absolute atomic E-state index is 10.7. The van der Waals surface area contributed by atoms with Crippen LogP contribution in [0.4, 0.5) is 5.69 Å². The quantitative estimate of drug-likeness (QED) is 0.470. The highest BCUT2D eigenvalue weighted by molar-refractivity contribution is 6.31. The van der Waals surface area contributed by atoms with Crippen LogP contribution in [0.3, 0.4) is 0 Å². The minimum Gasteiger partial charge on any atom is -0.396 e. The number of non-ortho nitro benzene ring substituents is 1. The van der Waals surface area contributed by atoms with Gasteiger partial charge in [0.25, 0.3) is 5.69 Å². The van der Waals surface area contributed by atoms with Crippen molar-refractivity contribution in [2.24, 2.45) is 0 Å². The second kappa shape index (κ2) is 7.31. The summed E-state index contributed by atoms with van der Waals surface area (Å²) >= 11 is 6.02. The molecule has 0 aromatic heterocycles. The molecule has 0 saturated carbocycles. The van der Waals surface area contributed by atoms with E-state index in [1.165, 1.54) is 12.1 Å². The molecular weight excluding hydrogens is 256 g/mol. The molecule has 0 aliphatic carbocycles. The summed E-state index contributed by atoms with van der Waals surface area (Å²) < 4.78 is 0. The molecule has 0 fully saturated rings. The Labute approximate surface area is 111 Å². The van der Waals surface area contributed by atoms with E-state index in [2.05, 4.69) is 0 Å². The Balaban J connectivity index is 2.65. The summed E-state index contributed by atoms with van der Waals surface area (Å²) in [5.41, 5.74) is 0.801. The van der Waals surface area contributed by atoms with Crippen LogP contribution in [0.5, 0.6) is 0 Å². The number of hydrogen-bond donors (Lipinski definition) is 1. The van der Waals surface area contributed by atoms with E-state index in [-0.39, 0.29) is 12.3 Å². The molecule has 1 N–H and O–H groups in total. The van der Waals surface area contributed by atoms with E-state index in [4.69, 9.17) is 16.7 Å². The molecule has 0 atom stereocenters. The van der Waals surface area contributed by atoms with Crippen LogP contribution in [0.25, 0.3) is 0 Å². The molecule has 0 heterocycles. The predicted molar refractivity (Wildman–Crippen MR) is 70.8 cm³/mol. The van der Waals surface area contributed by atoms with Crippen LogP contribution in [0.1, 0.15) is 18.4 Å². The number of nitro benzene ring substituents is 1. The summed E-state index contributed by atoms with van der Waals surface area (Å²) in [6.07, 6.45) is 1.65. The Hall–Kier alpha value is -1.17. The van der Waals surface area contributed by atoms with E-state index >= 15 is 0 Å². The van der Waals surface area contributed by atoms with Gasteiger partial charge < -0.3 is 10.0 Å². The van der Waals surface area contributed by atoms with Gasteiger partial charge in [0, 0.05) is 30.3 Å². The zero-order valence-corrected chi connectivity index (χ0v) is 11.1. The van der Waals surface area contributed by atoms with Gasteiger partial charge in [-0.15, -0.1) is 0 Å². The lowest BCUT2D eigenvalue weighted by Crippen LogP contribution is -2.19. The van der Waals surface area contributed by atoms with Crippen molar-refractivity contribution >= 4 is 17.3 Å². The maximum Gasteiger partial charge on any atom is 0.269 e. The fourth-order valence-electron chi connectivity index (χ4n) is 1.66. The number of halogens is 1. The number of benzene rings is 1. The van der Waals surface area contributed by atoms with Gasteiger partial charge in [0.05, 0.1) is 4.92 Å². The van der Waals surface area contributed by atoms with Crippen molar-refractivity contribution < 1.29 is 10.0 Å². The number of aliphatic hydroxyl groups is 1. The van der Waals surface area contributed by atoms with Crippen LogP contribution < -0.4 is 0 Å². The minimum atomic E-state index is -0.425. The van der Waals surface area contributed by atoms with Gasteiger partial charge in [-0.05, 0) is 38.1 Å². The maximum atomic E-state index is 10.7. The summed E-state index contributed by atoms with van der Waals surface area (Å²) in [6.45, 7) is 1.57. The molecule has 5 nitrogen and oxygen atoms in total. The number of unbranched alkanes of at least 4 members (excludes halogenated alkanes) is 1. The summed E-state index contributed by atoms with van der Waals surface area (Å²) in [4.78, 5) is 12.3. The van der Waals surface area contributed by atoms with Crippen LogP contribution >= 0.6 is 11.6 Å². The molecule has 1 aromatic rings. The predicted octanol–water partition coefficient (Wildman–Crippen LogP) is 2.45. The van der Waals surface area contributed by atoms with Crippen molar-refractivity contribution in [1.29, 1.82) is 0 Å². The SMILES string of the molecule is CN(CCCCO)Cc1cc([N+](=O)[O-])ccc1Cl. The highest BCUT2D eigenvalue weighted by Crippen LogP contribution is 2.23. The lowest BCUT2D eigenvalue weighted by molar-refractivity contribution is -0.384. The highest BCUT2D eigenvalue weighted by Gasteiger charge is 2.11. The standard InChI is InChI=1S/C12H17ClN2O3/c1-14(6-2-3-7-16)9-10-8-11(15(17)18)4-5-12(10)13/h4-5,8,16H,2-3,6-7,9H2,1H3. The van der Waals surface area contributed by atoms with E-state index in [1.54, 1.807) is 6.07 Å². The zero-order chi connectivity index (χ0) is 13.5. The van der Waals surface area contributed by atoms with Gasteiger partial charge in [0.15, 0.2) is 0 Å². The topological polar surface area (TPSA) is 66.6 Å². The van der Waals surface area contributed by atoms with Gasteiger partial charge in [-0.2, -0.15) is 0 Å². The second-order valence-corrected chi connectivity index (χ2v) is 4.61. The molecule has 0 bridgehead atoms. The molecule has 0 spiro atoms. The molecule has 6 heteroatoms. The van der Waals surface area contributed by atoms with Crippen molar-refractivity contribution in [1.82, 2.24) is 4.90 Å². The molecule has 0 radical (unpaired) electrons. The third-order valence-corrected chi connectivity index (χ3v) is 3.00. The first-order chi connectivity index (χ1) is 8.54. The van der Waals surface area contributed by atoms with Crippen molar-refractivity contribution in [2.45, 2.75) is 19.4 Å². The first kappa shape index (κ1) is 14.9. The van der Waals surface area contributed by atoms with E-state index in [0.29, 0.717) is 11.6 Å². The molecule has 1 rings (SSSR count). The molecule has 0 unspecified atom stereocenters. The Morgan fingerprint density at radius 1 is 1.44 bits per heavy atom. The normalized spacial score (nSPS) is 10.9. The summed E-state index contributed by atoms with van der Waals surface area (Å²) in [5, 5.41) is 19.9. The molecule has 0 aliphatic rings. The van der Waals surface area contributed by atoms with Gasteiger partial charge >= 0.3 is 0 Å². The average Bonchev–Trinajstić information content (AvgIpc) is 2.32. The first-order valence-corrected chi connectivity index (χ1v) is 6.14. The fraction of sp³-hybridized carbons (Fsp3) is 0.500. The van der Waals surface area contributed by atoms with Gasteiger partial charge in [-0.3, -0.25) is 10.1 Å². The third-order valence-electron chi connectivity index (χ3n) is 2.63. The number of rotatable bonds is 7. The molecule has 0 saturated heterocycles. The zero-order valence-electron chi connectivity index (χ0n) is 10.3. The molecule has 18 heavy (non-hydrogen) atoms. The van der Waals surface area contributed by atoms with Crippen LogP contribution in [0, 0.1) is 10.1 Å². The Bertz CT molecular complexity index is 412. The number of nitrogens with zero attached hydrogens (tertiary/aromatic N) is 2. The molecule has 100 valence electrons. The summed E-state index contributed by atoms with van der Waals surface area (Å²) in [7, 11) is 1.92. The molecule has 0 aliphatic heterocycles. The van der Waals surface area contributed by atoms with Gasteiger partial charge in [0.2, 0.25) is 0 Å². The Kier molecular flexibility index (Phi) is 6.04. The fourth-order valence-corrected chi connectivity index (χ4v) is 1.84. The number of aliphatic hydroxyl groups excluding tert-OH is 1. The summed E-state index contributed by atoms with van der Waals surface area (Å²) in [6, 6.07) is 4.46. The third kappa shape index (κ3) is 4.60. The highest BCUT2D eigenvalue weighted by atomic mass is 35.5. The lowest BCUT2D eigenvalue weighted by atomic mass is 10.2. The van der Waals surface area contributed by atoms with Crippen molar-refractivity contribution in [2.75, 3.05) is 20.2 Å². The van der Waals surface area contributed by atoms with Gasteiger partial charge in [-0.1, -0.05) is 11.6 Å². The van der Waals surface area contributed by atoms with Crippen LogP contribution in [0.2, 0.25) is 5.02 Å². The van der Waals surface area contributed by atoms with Crippen LogP contribution in [-0.2, 0) is 6.54 Å². The van der Waals surface area contributed by atoms with Gasteiger partial charge in [0.1, 0.15) is 0 Å². The van der Waals surface area contributed by atoms with Crippen LogP contribution in [-0.4, -0.2) is 35.1 Å². The Morgan fingerprint density at radius 2 is 2.17 bits per heavy atom. The summed E-state index contributed by atoms with van der Waals surface area (Å²) in [5.74, 6) is 0. The van der Waals surface area contributed by atoms with Crippen molar-refractivity contribution in [3.8, 4) is 0 Å². The Morgan fingerprint density at radius 3 is 2.78 bits per heavy atom. The van der Waals surface area contributed by atoms with Gasteiger partial charge in [-0.25, -0.2) is 0 Å². The molecular formula is C12H17ClN2O3. The molecule has 1 aromatic carbocycles. The average molecular weight is 273 g/mol. The monoisotopic (exact) mass is 272 g/mol. The number of nitro groups is 1. The lowest BCUT2D eigenvalue weighted by Gasteiger charge is -2.17. The smallest absolute Gasteiger partial charge is 0.269 e. The minimum absolute atomic E-state index is 0.0539. The largest absolute Gasteiger partial charge is 0.396 e. The van der Waals surface area contributed by atoms with E-state index in [0.717, 1.165) is 24.9 Å². The number of hydrogen-bond acceptors (Lipinski definition) is 4.